The molecule has 1 unspecified atom stereocenters. The lowest BCUT2D eigenvalue weighted by molar-refractivity contribution is -0.252. The quantitative estimate of drug-likeness (QED) is 0.104. The average molecular weight is 722 g/mol. The van der Waals surface area contributed by atoms with Crippen molar-refractivity contribution in [3.63, 3.8) is 0 Å². The maximum atomic E-state index is 12.8. The second-order valence-corrected chi connectivity index (χ2v) is 14.3. The Morgan fingerprint density at radius 2 is 1.37 bits per heavy atom. The number of nitrogens with one attached hydrogen (secondary N) is 2. The van der Waals surface area contributed by atoms with E-state index in [2.05, 4.69) is 77.2 Å². The zero-order valence-corrected chi connectivity index (χ0v) is 30.8. The standard InChI is InChI=1S/C46H47N3O5/c1-31(51)43(24-32-10-4-3-5-11-32)48-46(52)47-27-33-16-22-36(23-17-33)45-53-39(26-44(54-45)35-20-18-34(30-50)19-21-35)28-49(2)29-42-40-14-8-6-12-37(40)25-38-13-7-9-15-41(38)42/h3-23,25,39,43-45,50H,24,26-30H2,1-2H3,(H2,47,48,52)/t39-,43+,44+,45?/m0/s1. The van der Waals surface area contributed by atoms with Crippen molar-refractivity contribution in [2.45, 2.75) is 64.0 Å². The minimum atomic E-state index is -0.610. The van der Waals surface area contributed by atoms with Gasteiger partial charge >= 0.3 is 6.03 Å². The van der Waals surface area contributed by atoms with Crippen LogP contribution in [0.5, 0.6) is 0 Å². The fourth-order valence-electron chi connectivity index (χ4n) is 7.32. The van der Waals surface area contributed by atoms with Gasteiger partial charge in [0.2, 0.25) is 0 Å². The number of nitrogens with zero attached hydrogens (tertiary/aromatic N) is 1. The Hall–Kier alpha value is -5.38. The molecule has 1 saturated heterocycles. The van der Waals surface area contributed by atoms with Gasteiger partial charge < -0.3 is 25.2 Å². The number of fused-ring (bicyclic) bond motifs is 2. The SMILES string of the molecule is CC(=O)[C@@H](Cc1ccccc1)NC(=O)NCc1ccc(C2O[C@H](CN(C)Cc3c4ccccc4cc4ccccc34)C[C@H](c3ccc(CO)cc3)O2)cc1. The Balaban J connectivity index is 1.04. The van der Waals surface area contributed by atoms with Crippen LogP contribution in [-0.2, 0) is 40.4 Å². The maximum Gasteiger partial charge on any atom is 0.315 e. The fraction of sp³-hybridized carbons (Fsp3) is 0.261. The van der Waals surface area contributed by atoms with Crippen LogP contribution in [0.15, 0.2) is 133 Å². The number of aliphatic hydroxyl groups excluding tert-OH is 1. The molecule has 1 fully saturated rings. The third kappa shape index (κ3) is 9.04. The first kappa shape index (κ1) is 37.0. The molecule has 4 atom stereocenters. The Labute approximate surface area is 316 Å². The third-order valence-corrected chi connectivity index (χ3v) is 10.2. The van der Waals surface area contributed by atoms with E-state index in [0.29, 0.717) is 25.9 Å². The molecule has 1 heterocycles. The predicted molar refractivity (Wildman–Crippen MR) is 213 cm³/mol. The van der Waals surface area contributed by atoms with E-state index in [9.17, 15) is 14.7 Å². The van der Waals surface area contributed by atoms with Crippen LogP contribution in [-0.4, -0.2) is 47.6 Å². The summed E-state index contributed by atoms with van der Waals surface area (Å²) in [6.45, 7) is 3.24. The maximum absolute atomic E-state index is 12.8. The first-order valence-corrected chi connectivity index (χ1v) is 18.6. The molecule has 0 aliphatic carbocycles. The highest BCUT2D eigenvalue weighted by Gasteiger charge is 2.33. The van der Waals surface area contributed by atoms with Gasteiger partial charge in [-0.2, -0.15) is 0 Å². The zero-order valence-electron chi connectivity index (χ0n) is 30.8. The molecule has 0 bridgehead atoms. The van der Waals surface area contributed by atoms with E-state index in [1.807, 2.05) is 78.9 Å². The number of hydrogen-bond donors (Lipinski definition) is 3. The summed E-state index contributed by atoms with van der Waals surface area (Å²) in [5.74, 6) is -0.0972. The van der Waals surface area contributed by atoms with E-state index in [4.69, 9.17) is 9.47 Å². The number of amides is 2. The smallest absolute Gasteiger partial charge is 0.315 e. The molecule has 2 amide bonds. The number of rotatable bonds is 13. The van der Waals surface area contributed by atoms with Crippen LogP contribution in [0.1, 0.15) is 59.1 Å². The summed E-state index contributed by atoms with van der Waals surface area (Å²) in [5, 5.41) is 20.3. The Morgan fingerprint density at radius 3 is 2.02 bits per heavy atom. The van der Waals surface area contributed by atoms with Crippen LogP contribution < -0.4 is 10.6 Å². The highest BCUT2D eigenvalue weighted by Crippen LogP contribution is 2.38. The Bertz CT molecular complexity index is 2140. The van der Waals surface area contributed by atoms with Crippen molar-refractivity contribution in [2.75, 3.05) is 13.6 Å². The van der Waals surface area contributed by atoms with E-state index >= 15 is 0 Å². The van der Waals surface area contributed by atoms with Gasteiger partial charge in [-0.1, -0.05) is 127 Å². The molecule has 0 spiro atoms. The molecular weight excluding hydrogens is 675 g/mol. The molecule has 1 aliphatic rings. The summed E-state index contributed by atoms with van der Waals surface area (Å²) in [6.07, 6.45) is 0.190. The Morgan fingerprint density at radius 1 is 0.759 bits per heavy atom. The van der Waals surface area contributed by atoms with Crippen molar-refractivity contribution in [1.82, 2.24) is 15.5 Å². The van der Waals surface area contributed by atoms with E-state index in [0.717, 1.165) is 34.4 Å². The molecule has 8 nitrogen and oxygen atoms in total. The number of ketones is 1. The number of carbonyl (C=O) groups is 2. The number of ether oxygens (including phenoxy) is 2. The molecule has 0 saturated carbocycles. The summed E-state index contributed by atoms with van der Waals surface area (Å²) in [7, 11) is 2.15. The predicted octanol–water partition coefficient (Wildman–Crippen LogP) is 8.16. The first-order valence-electron chi connectivity index (χ1n) is 18.6. The molecule has 8 heteroatoms. The van der Waals surface area contributed by atoms with Gasteiger partial charge in [0.15, 0.2) is 12.1 Å². The summed E-state index contributed by atoms with van der Waals surface area (Å²) >= 11 is 0. The summed E-state index contributed by atoms with van der Waals surface area (Å²) in [6, 6.07) is 43.9. The van der Waals surface area contributed by atoms with Crippen LogP contribution in [0.3, 0.4) is 0 Å². The highest BCUT2D eigenvalue weighted by atomic mass is 16.7. The van der Waals surface area contributed by atoms with Crippen molar-refractivity contribution in [3.05, 3.63) is 167 Å². The number of aliphatic hydroxyl groups is 1. The molecule has 276 valence electrons. The van der Waals surface area contributed by atoms with E-state index in [1.54, 1.807) is 0 Å². The van der Waals surface area contributed by atoms with Gasteiger partial charge in [-0.25, -0.2) is 4.79 Å². The van der Waals surface area contributed by atoms with Crippen LogP contribution >= 0.6 is 0 Å². The van der Waals surface area contributed by atoms with Crippen molar-refractivity contribution in [2.24, 2.45) is 0 Å². The average Bonchev–Trinajstić information content (AvgIpc) is 3.20. The second-order valence-electron chi connectivity index (χ2n) is 14.3. The van der Waals surface area contributed by atoms with Gasteiger partial charge in [-0.05, 0) is 75.8 Å². The monoisotopic (exact) mass is 721 g/mol. The van der Waals surface area contributed by atoms with Gasteiger partial charge in [-0.3, -0.25) is 9.69 Å². The van der Waals surface area contributed by atoms with Gasteiger partial charge in [0.05, 0.1) is 24.9 Å². The van der Waals surface area contributed by atoms with E-state index in [-0.39, 0.29) is 24.6 Å². The molecule has 7 rings (SSSR count). The van der Waals surface area contributed by atoms with E-state index in [1.165, 1.54) is 34.0 Å². The zero-order chi connectivity index (χ0) is 37.4. The van der Waals surface area contributed by atoms with Crippen LogP contribution in [0.2, 0.25) is 0 Å². The highest BCUT2D eigenvalue weighted by molar-refractivity contribution is 6.02. The summed E-state index contributed by atoms with van der Waals surface area (Å²) in [4.78, 5) is 27.4. The largest absolute Gasteiger partial charge is 0.392 e. The van der Waals surface area contributed by atoms with E-state index < -0.39 is 18.4 Å². The number of likely N-dealkylation sites (N-methyl/N-ethyl adjacent to an activating group) is 1. The molecule has 0 radical (unpaired) electrons. The normalized spacial score (nSPS) is 17.7. The first-order chi connectivity index (χ1) is 26.3. The van der Waals surface area contributed by atoms with Gasteiger partial charge in [0, 0.05) is 31.6 Å². The van der Waals surface area contributed by atoms with Gasteiger partial charge in [0.1, 0.15) is 0 Å². The van der Waals surface area contributed by atoms with Crippen LogP contribution in [0, 0.1) is 0 Å². The number of benzene rings is 6. The van der Waals surface area contributed by atoms with Crippen molar-refractivity contribution in [3.8, 4) is 0 Å². The second kappa shape index (κ2) is 17.2. The van der Waals surface area contributed by atoms with Crippen molar-refractivity contribution in [1.29, 1.82) is 0 Å². The minimum absolute atomic E-state index is 0.0122. The lowest BCUT2D eigenvalue weighted by Crippen LogP contribution is -2.46. The molecular formula is C46H47N3O5. The van der Waals surface area contributed by atoms with Crippen LogP contribution in [0.4, 0.5) is 4.79 Å². The summed E-state index contributed by atoms with van der Waals surface area (Å²) in [5.41, 5.74) is 5.96. The van der Waals surface area contributed by atoms with Gasteiger partial charge in [-0.15, -0.1) is 0 Å². The van der Waals surface area contributed by atoms with Crippen molar-refractivity contribution < 1.29 is 24.2 Å². The topological polar surface area (TPSA) is 100 Å². The molecule has 6 aromatic rings. The van der Waals surface area contributed by atoms with Crippen molar-refractivity contribution >= 4 is 33.4 Å². The molecule has 54 heavy (non-hydrogen) atoms. The molecule has 3 N–H and O–H groups in total. The number of urea groups is 1. The van der Waals surface area contributed by atoms with Crippen LogP contribution in [0.25, 0.3) is 21.5 Å². The number of Topliss-reactive ketones (excluding diaryl/α,β-unsaturated/α-hetero) is 1. The number of carbonyl (C=O) groups excluding carboxylic acids is 2. The summed E-state index contributed by atoms with van der Waals surface area (Å²) < 4.78 is 13.3. The van der Waals surface area contributed by atoms with Gasteiger partial charge in [0.25, 0.3) is 0 Å². The minimum Gasteiger partial charge on any atom is -0.392 e. The molecule has 1 aliphatic heterocycles. The molecule has 6 aromatic carbocycles. The third-order valence-electron chi connectivity index (χ3n) is 10.2. The fourth-order valence-corrected chi connectivity index (χ4v) is 7.32. The Kier molecular flexibility index (Phi) is 11.8. The number of hydrogen-bond acceptors (Lipinski definition) is 6. The molecule has 0 aromatic heterocycles. The lowest BCUT2D eigenvalue weighted by Gasteiger charge is -2.38. The lowest BCUT2D eigenvalue weighted by atomic mass is 9.96.